The number of ether oxygens (including phenoxy) is 2. The van der Waals surface area contributed by atoms with Gasteiger partial charge in [0.25, 0.3) is 0 Å². The van der Waals surface area contributed by atoms with E-state index in [9.17, 15) is 18.4 Å². The van der Waals surface area contributed by atoms with Gasteiger partial charge >= 0.3 is 6.61 Å². The zero-order valence-corrected chi connectivity index (χ0v) is 16.2. The number of alkyl halides is 2. The second-order valence-electron chi connectivity index (χ2n) is 6.33. The molecule has 0 spiro atoms. The van der Waals surface area contributed by atoms with Gasteiger partial charge in [0.1, 0.15) is 0 Å². The highest BCUT2D eigenvalue weighted by atomic mass is 19.3. The lowest BCUT2D eigenvalue weighted by atomic mass is 10.2. The number of nitrogens with one attached hydrogen (secondary N) is 2. The minimum atomic E-state index is -2.96. The van der Waals surface area contributed by atoms with Crippen LogP contribution in [-0.4, -0.2) is 25.5 Å². The lowest BCUT2D eigenvalue weighted by Gasteiger charge is -2.10. The van der Waals surface area contributed by atoms with Gasteiger partial charge in [-0.1, -0.05) is 19.9 Å². The molecule has 0 saturated heterocycles. The van der Waals surface area contributed by atoms with Gasteiger partial charge < -0.3 is 20.1 Å². The fraction of sp³-hybridized carbons (Fsp3) is 0.238. The normalized spacial score (nSPS) is 11.0. The zero-order chi connectivity index (χ0) is 21.4. The summed E-state index contributed by atoms with van der Waals surface area (Å²) in [5.74, 6) is -0.560. The summed E-state index contributed by atoms with van der Waals surface area (Å²) in [6, 6.07) is 11.1. The molecule has 6 nitrogen and oxygen atoms in total. The Balaban J connectivity index is 1.98. The van der Waals surface area contributed by atoms with Gasteiger partial charge in [-0.15, -0.1) is 0 Å². The summed E-state index contributed by atoms with van der Waals surface area (Å²) in [5.41, 5.74) is 1.77. The average Bonchev–Trinajstić information content (AvgIpc) is 2.68. The van der Waals surface area contributed by atoms with Crippen molar-refractivity contribution in [3.63, 3.8) is 0 Å². The smallest absolute Gasteiger partial charge is 0.387 e. The molecule has 2 rings (SSSR count). The summed E-state index contributed by atoms with van der Waals surface area (Å²) in [7, 11) is 1.33. The van der Waals surface area contributed by atoms with Gasteiger partial charge in [-0.3, -0.25) is 9.59 Å². The van der Waals surface area contributed by atoms with Gasteiger partial charge in [-0.05, 0) is 48.0 Å². The predicted octanol–water partition coefficient (Wildman–Crippen LogP) is 4.54. The Hall–Kier alpha value is -3.42. The van der Waals surface area contributed by atoms with E-state index in [1.54, 1.807) is 38.1 Å². The highest BCUT2D eigenvalue weighted by Gasteiger charge is 2.10. The average molecular weight is 404 g/mol. The van der Waals surface area contributed by atoms with Crippen LogP contribution in [0.1, 0.15) is 19.4 Å². The van der Waals surface area contributed by atoms with E-state index < -0.39 is 6.61 Å². The molecule has 154 valence electrons. The molecule has 0 atom stereocenters. The minimum absolute atomic E-state index is 0.0891. The van der Waals surface area contributed by atoms with E-state index in [1.807, 2.05) is 0 Å². The molecular formula is C21H22F2N2O4. The summed E-state index contributed by atoms with van der Waals surface area (Å²) in [4.78, 5) is 23.8. The van der Waals surface area contributed by atoms with E-state index in [4.69, 9.17) is 4.74 Å². The van der Waals surface area contributed by atoms with Gasteiger partial charge in [0.15, 0.2) is 11.5 Å². The van der Waals surface area contributed by atoms with Crippen molar-refractivity contribution in [2.45, 2.75) is 20.5 Å². The van der Waals surface area contributed by atoms with Crippen molar-refractivity contribution in [2.24, 2.45) is 5.92 Å². The largest absolute Gasteiger partial charge is 0.493 e. The molecule has 2 aromatic rings. The van der Waals surface area contributed by atoms with Crippen molar-refractivity contribution in [1.82, 2.24) is 0 Å². The molecule has 0 fully saturated rings. The number of benzene rings is 2. The van der Waals surface area contributed by atoms with Crippen molar-refractivity contribution in [2.75, 3.05) is 17.7 Å². The monoisotopic (exact) mass is 404 g/mol. The maximum Gasteiger partial charge on any atom is 0.387 e. The Morgan fingerprint density at radius 1 is 0.966 bits per heavy atom. The van der Waals surface area contributed by atoms with Crippen LogP contribution >= 0.6 is 0 Å². The van der Waals surface area contributed by atoms with E-state index in [0.717, 1.165) is 0 Å². The number of rotatable bonds is 8. The molecule has 0 aliphatic carbocycles. The van der Waals surface area contributed by atoms with Crippen LogP contribution in [0.4, 0.5) is 20.2 Å². The number of methoxy groups -OCH3 is 1. The van der Waals surface area contributed by atoms with Crippen LogP contribution in [0.5, 0.6) is 11.5 Å². The van der Waals surface area contributed by atoms with E-state index in [2.05, 4.69) is 15.4 Å². The molecule has 0 aromatic heterocycles. The summed E-state index contributed by atoms with van der Waals surface area (Å²) < 4.78 is 34.1. The first-order valence-electron chi connectivity index (χ1n) is 8.81. The Bertz CT molecular complexity index is 881. The summed E-state index contributed by atoms with van der Waals surface area (Å²) in [6.45, 7) is 0.636. The first-order valence-corrected chi connectivity index (χ1v) is 8.81. The second kappa shape index (κ2) is 10.2. The maximum atomic E-state index is 12.4. The standard InChI is InChI=1S/C21H22F2N2O4/c1-13(2)20(27)25-16-8-6-15(7-9-16)24-19(26)11-5-14-4-10-17(29-21(22)23)18(12-14)28-3/h4-13,21H,1-3H3,(H,24,26)(H,25,27). The molecule has 0 saturated carbocycles. The van der Waals surface area contributed by atoms with E-state index in [1.165, 1.54) is 37.5 Å². The molecule has 2 N–H and O–H groups in total. The van der Waals surface area contributed by atoms with Gasteiger partial charge in [-0.25, -0.2) is 0 Å². The first-order chi connectivity index (χ1) is 13.8. The van der Waals surface area contributed by atoms with E-state index in [-0.39, 0.29) is 29.2 Å². The van der Waals surface area contributed by atoms with Crippen molar-refractivity contribution in [1.29, 1.82) is 0 Å². The number of halogens is 2. The number of anilines is 2. The molecule has 0 unspecified atom stereocenters. The van der Waals surface area contributed by atoms with Gasteiger partial charge in [0.05, 0.1) is 7.11 Å². The number of hydrogen-bond donors (Lipinski definition) is 2. The highest BCUT2D eigenvalue weighted by Crippen LogP contribution is 2.29. The zero-order valence-electron chi connectivity index (χ0n) is 16.2. The fourth-order valence-corrected chi connectivity index (χ4v) is 2.26. The lowest BCUT2D eigenvalue weighted by Crippen LogP contribution is -2.17. The van der Waals surface area contributed by atoms with E-state index in [0.29, 0.717) is 16.9 Å². The molecule has 0 radical (unpaired) electrons. The molecule has 2 aromatic carbocycles. The van der Waals surface area contributed by atoms with Crippen LogP contribution in [0.2, 0.25) is 0 Å². The maximum absolute atomic E-state index is 12.4. The Morgan fingerprint density at radius 3 is 2.14 bits per heavy atom. The Kier molecular flexibility index (Phi) is 7.70. The van der Waals surface area contributed by atoms with Gasteiger partial charge in [0, 0.05) is 23.4 Å². The molecular weight excluding hydrogens is 382 g/mol. The first kappa shape index (κ1) is 21.9. The van der Waals surface area contributed by atoms with Crippen LogP contribution in [0.15, 0.2) is 48.5 Å². The molecule has 2 amide bonds. The number of amides is 2. The van der Waals surface area contributed by atoms with Crippen molar-refractivity contribution < 1.29 is 27.8 Å². The third-order valence-electron chi connectivity index (χ3n) is 3.78. The minimum Gasteiger partial charge on any atom is -0.493 e. The van der Waals surface area contributed by atoms with Crippen LogP contribution in [0.25, 0.3) is 6.08 Å². The van der Waals surface area contributed by atoms with Crippen LogP contribution in [0, 0.1) is 5.92 Å². The predicted molar refractivity (Wildman–Crippen MR) is 107 cm³/mol. The van der Waals surface area contributed by atoms with Gasteiger partial charge in [0.2, 0.25) is 11.8 Å². The summed E-state index contributed by atoms with van der Waals surface area (Å²) in [6.07, 6.45) is 2.82. The van der Waals surface area contributed by atoms with Crippen molar-refractivity contribution in [3.8, 4) is 11.5 Å². The van der Waals surface area contributed by atoms with Crippen LogP contribution in [-0.2, 0) is 9.59 Å². The van der Waals surface area contributed by atoms with Crippen molar-refractivity contribution >= 4 is 29.3 Å². The molecule has 8 heteroatoms. The fourth-order valence-electron chi connectivity index (χ4n) is 2.26. The van der Waals surface area contributed by atoms with Crippen LogP contribution in [0.3, 0.4) is 0 Å². The number of hydrogen-bond acceptors (Lipinski definition) is 4. The van der Waals surface area contributed by atoms with Crippen LogP contribution < -0.4 is 20.1 Å². The number of carbonyl (C=O) groups is 2. The molecule has 0 aliphatic heterocycles. The Morgan fingerprint density at radius 2 is 1.59 bits per heavy atom. The highest BCUT2D eigenvalue weighted by molar-refractivity contribution is 6.02. The van der Waals surface area contributed by atoms with Crippen molar-refractivity contribution in [3.05, 3.63) is 54.1 Å². The summed E-state index contributed by atoms with van der Waals surface area (Å²) in [5, 5.41) is 5.45. The van der Waals surface area contributed by atoms with E-state index >= 15 is 0 Å². The summed E-state index contributed by atoms with van der Waals surface area (Å²) >= 11 is 0. The molecule has 0 heterocycles. The topological polar surface area (TPSA) is 76.7 Å². The third kappa shape index (κ3) is 6.91. The molecule has 0 aliphatic rings. The van der Waals surface area contributed by atoms with Gasteiger partial charge in [-0.2, -0.15) is 8.78 Å². The lowest BCUT2D eigenvalue weighted by molar-refractivity contribution is -0.119. The SMILES string of the molecule is COc1cc(C=CC(=O)Nc2ccc(NC(=O)C(C)C)cc2)ccc1OC(F)F. The third-order valence-corrected chi connectivity index (χ3v) is 3.78. The molecule has 0 bridgehead atoms. The number of carbonyl (C=O) groups excluding carboxylic acids is 2. The molecule has 29 heavy (non-hydrogen) atoms. The second-order valence-corrected chi connectivity index (χ2v) is 6.33. The Labute approximate surface area is 167 Å². The quantitative estimate of drug-likeness (QED) is 0.633.